The van der Waals surface area contributed by atoms with E-state index in [9.17, 15) is 17.4 Å². The van der Waals surface area contributed by atoms with Gasteiger partial charge < -0.3 is 0 Å². The van der Waals surface area contributed by atoms with Crippen LogP contribution in [0.15, 0.2) is 28.1 Å². The van der Waals surface area contributed by atoms with E-state index >= 15 is 0 Å². The average molecular weight is 349 g/mol. The van der Waals surface area contributed by atoms with Crippen LogP contribution in [0.1, 0.15) is 23.9 Å². The van der Waals surface area contributed by atoms with Gasteiger partial charge in [0.05, 0.1) is 21.2 Å². The van der Waals surface area contributed by atoms with E-state index in [-0.39, 0.29) is 5.75 Å². The summed E-state index contributed by atoms with van der Waals surface area (Å²) in [4.78, 5) is 7.56. The second kappa shape index (κ2) is 6.33. The molecule has 0 aliphatic heterocycles. The van der Waals surface area contributed by atoms with Crippen molar-refractivity contribution < 1.29 is 17.4 Å². The highest BCUT2D eigenvalue weighted by Gasteiger charge is 2.32. The van der Waals surface area contributed by atoms with E-state index in [0.29, 0.717) is 10.7 Å². The summed E-state index contributed by atoms with van der Waals surface area (Å²) in [6.07, 6.45) is -1.17. The van der Waals surface area contributed by atoms with E-state index in [0.717, 1.165) is 24.4 Å². The van der Waals surface area contributed by atoms with Crippen molar-refractivity contribution in [2.75, 3.05) is 6.26 Å². The molecular weight excluding hydrogens is 335 g/mol. The number of hydrogen-bond acceptors (Lipinski definition) is 5. The summed E-state index contributed by atoms with van der Waals surface area (Å²) in [6.45, 7) is 1.95. The van der Waals surface area contributed by atoms with Gasteiger partial charge in [0.1, 0.15) is 5.69 Å². The quantitative estimate of drug-likeness (QED) is 0.837. The van der Waals surface area contributed by atoms with Gasteiger partial charge >= 0.3 is 6.18 Å². The predicted molar refractivity (Wildman–Crippen MR) is 80.6 cm³/mol. The molecule has 0 N–H and O–H groups in total. The molecular formula is C13H14F3N3OS2. The molecule has 0 bridgehead atoms. The standard InChI is InChI=1S/C13H14F3N3OS2/c1-3-10-7-21-12(18-10)19-22(2,20)8-9-4-5-11(17-6-9)13(14,15)16/h4-7H,3,8H2,1-2H3. The van der Waals surface area contributed by atoms with E-state index in [1.165, 1.54) is 23.7 Å². The summed E-state index contributed by atoms with van der Waals surface area (Å²) in [5.41, 5.74) is 0.343. The van der Waals surface area contributed by atoms with Crippen LogP contribution in [-0.4, -0.2) is 20.4 Å². The minimum atomic E-state index is -4.48. The summed E-state index contributed by atoms with van der Waals surface area (Å²) < 4.78 is 53.9. The fourth-order valence-electron chi connectivity index (χ4n) is 1.68. The first-order valence-electron chi connectivity index (χ1n) is 6.36. The monoisotopic (exact) mass is 349 g/mol. The Kier molecular flexibility index (Phi) is 4.86. The van der Waals surface area contributed by atoms with Crippen molar-refractivity contribution in [1.29, 1.82) is 0 Å². The third kappa shape index (κ3) is 4.51. The van der Waals surface area contributed by atoms with E-state index in [1.54, 1.807) is 0 Å². The number of thiazole rings is 1. The van der Waals surface area contributed by atoms with Crippen LogP contribution in [0, 0.1) is 0 Å². The Morgan fingerprint density at radius 2 is 2.09 bits per heavy atom. The summed E-state index contributed by atoms with van der Waals surface area (Å²) in [5.74, 6) is 0.0270. The molecule has 2 aromatic heterocycles. The topological polar surface area (TPSA) is 55.2 Å². The number of aryl methyl sites for hydroxylation is 1. The predicted octanol–water partition coefficient (Wildman–Crippen LogP) is 4.05. The van der Waals surface area contributed by atoms with Crippen molar-refractivity contribution in [3.05, 3.63) is 40.7 Å². The number of nitrogens with zero attached hydrogens (tertiary/aromatic N) is 3. The third-order valence-corrected chi connectivity index (χ3v) is 5.05. The van der Waals surface area contributed by atoms with Crippen LogP contribution in [0.25, 0.3) is 0 Å². The molecule has 0 aliphatic carbocycles. The maximum absolute atomic E-state index is 12.5. The smallest absolute Gasteiger partial charge is 0.251 e. The van der Waals surface area contributed by atoms with Crippen molar-refractivity contribution in [2.45, 2.75) is 25.3 Å². The number of rotatable bonds is 4. The van der Waals surface area contributed by atoms with E-state index in [1.807, 2.05) is 12.3 Å². The molecule has 0 amide bonds. The molecule has 120 valence electrons. The minimum absolute atomic E-state index is 0.0270. The minimum Gasteiger partial charge on any atom is -0.251 e. The maximum atomic E-state index is 12.5. The van der Waals surface area contributed by atoms with Gasteiger partial charge in [-0.25, -0.2) is 9.19 Å². The molecule has 0 spiro atoms. The molecule has 2 rings (SSSR count). The number of alkyl halides is 3. The van der Waals surface area contributed by atoms with Crippen molar-refractivity contribution in [3.8, 4) is 0 Å². The first kappa shape index (κ1) is 16.9. The molecule has 1 unspecified atom stereocenters. The van der Waals surface area contributed by atoms with Crippen molar-refractivity contribution in [3.63, 3.8) is 0 Å². The summed E-state index contributed by atoms with van der Waals surface area (Å²) in [6, 6.07) is 2.15. The Bertz CT molecular complexity index is 760. The van der Waals surface area contributed by atoms with Gasteiger partial charge in [-0.15, -0.1) is 11.3 Å². The largest absolute Gasteiger partial charge is 0.433 e. The molecule has 0 aliphatic rings. The van der Waals surface area contributed by atoms with Gasteiger partial charge in [0.15, 0.2) is 0 Å². The number of aromatic nitrogens is 2. The molecule has 0 saturated carbocycles. The van der Waals surface area contributed by atoms with Crippen LogP contribution in [-0.2, 0) is 28.1 Å². The zero-order valence-corrected chi connectivity index (χ0v) is 13.6. The molecule has 0 radical (unpaired) electrons. The summed E-state index contributed by atoms with van der Waals surface area (Å²) >= 11 is 1.30. The third-order valence-electron chi connectivity index (χ3n) is 2.72. The molecule has 9 heteroatoms. The van der Waals surface area contributed by atoms with Crippen LogP contribution in [0.4, 0.5) is 18.3 Å². The van der Waals surface area contributed by atoms with Gasteiger partial charge in [-0.05, 0) is 18.1 Å². The molecule has 4 nitrogen and oxygen atoms in total. The van der Waals surface area contributed by atoms with Crippen LogP contribution in [0.5, 0.6) is 0 Å². The fraction of sp³-hybridized carbons (Fsp3) is 0.385. The lowest BCUT2D eigenvalue weighted by atomic mass is 10.3. The van der Waals surface area contributed by atoms with Gasteiger partial charge in [-0.1, -0.05) is 13.0 Å². The van der Waals surface area contributed by atoms with Gasteiger partial charge in [-0.2, -0.15) is 17.5 Å². The summed E-state index contributed by atoms with van der Waals surface area (Å²) in [7, 11) is -2.63. The SMILES string of the molecule is CCc1csc(N=S(C)(=O)Cc2ccc(C(F)(F)F)nc2)n1. The summed E-state index contributed by atoms with van der Waals surface area (Å²) in [5, 5.41) is 2.26. The second-order valence-electron chi connectivity index (χ2n) is 4.72. The number of halogens is 3. The van der Waals surface area contributed by atoms with Gasteiger partial charge in [0, 0.05) is 17.8 Å². The highest BCUT2D eigenvalue weighted by molar-refractivity contribution is 7.92. The Balaban J connectivity index is 2.19. The first-order chi connectivity index (χ1) is 10.2. The first-order valence-corrected chi connectivity index (χ1v) is 9.33. The fourth-order valence-corrected chi connectivity index (χ4v) is 4.19. The lowest BCUT2D eigenvalue weighted by molar-refractivity contribution is -0.141. The van der Waals surface area contributed by atoms with Gasteiger partial charge in [0.25, 0.3) is 0 Å². The highest BCUT2D eigenvalue weighted by Crippen LogP contribution is 2.27. The normalized spacial score (nSPS) is 14.6. The van der Waals surface area contributed by atoms with E-state index in [2.05, 4.69) is 14.3 Å². The average Bonchev–Trinajstić information content (AvgIpc) is 2.84. The van der Waals surface area contributed by atoms with E-state index < -0.39 is 21.6 Å². The lowest BCUT2D eigenvalue weighted by Crippen LogP contribution is -2.08. The Labute approximate surface area is 130 Å². The zero-order chi connectivity index (χ0) is 16.4. The van der Waals surface area contributed by atoms with Crippen LogP contribution in [0.2, 0.25) is 0 Å². The zero-order valence-electron chi connectivity index (χ0n) is 11.9. The van der Waals surface area contributed by atoms with Crippen molar-refractivity contribution >= 4 is 26.2 Å². The Hall–Kier alpha value is -1.48. The number of pyridine rings is 1. The van der Waals surface area contributed by atoms with E-state index in [4.69, 9.17) is 0 Å². The molecule has 0 aromatic carbocycles. The Morgan fingerprint density at radius 3 is 2.59 bits per heavy atom. The molecule has 1 atom stereocenters. The number of hydrogen-bond donors (Lipinski definition) is 0. The van der Waals surface area contributed by atoms with Crippen molar-refractivity contribution in [2.24, 2.45) is 4.36 Å². The second-order valence-corrected chi connectivity index (χ2v) is 7.95. The van der Waals surface area contributed by atoms with Gasteiger partial charge in [-0.3, -0.25) is 4.98 Å². The van der Waals surface area contributed by atoms with Gasteiger partial charge in [0.2, 0.25) is 5.13 Å². The van der Waals surface area contributed by atoms with Crippen molar-refractivity contribution in [1.82, 2.24) is 9.97 Å². The molecule has 0 saturated heterocycles. The van der Waals surface area contributed by atoms with Crippen LogP contribution < -0.4 is 0 Å². The van der Waals surface area contributed by atoms with Crippen LogP contribution in [0.3, 0.4) is 0 Å². The molecule has 0 fully saturated rings. The Morgan fingerprint density at radius 1 is 1.36 bits per heavy atom. The molecule has 2 aromatic rings. The molecule has 2 heterocycles. The molecule has 22 heavy (non-hydrogen) atoms. The highest BCUT2D eigenvalue weighted by atomic mass is 32.2. The maximum Gasteiger partial charge on any atom is 0.433 e. The van der Waals surface area contributed by atoms with Crippen LogP contribution >= 0.6 is 11.3 Å². The lowest BCUT2D eigenvalue weighted by Gasteiger charge is -2.07.